The van der Waals surface area contributed by atoms with Gasteiger partial charge in [0.15, 0.2) is 0 Å². The van der Waals surface area contributed by atoms with Crippen LogP contribution in [0.5, 0.6) is 0 Å². The number of aromatic nitrogens is 2. The van der Waals surface area contributed by atoms with Gasteiger partial charge in [-0.05, 0) is 18.6 Å². The van der Waals surface area contributed by atoms with E-state index in [0.29, 0.717) is 12.4 Å². The molecule has 0 bridgehead atoms. The maximum atomic E-state index is 11.9. The summed E-state index contributed by atoms with van der Waals surface area (Å²) in [7, 11) is 0. The number of unbranched alkanes of at least 4 members (excludes halogenated alkanes) is 7. The Morgan fingerprint density at radius 1 is 1.05 bits per heavy atom. The number of H-pyrrole nitrogens is 1. The zero-order valence-corrected chi connectivity index (χ0v) is 13.5. The van der Waals surface area contributed by atoms with Gasteiger partial charge in [-0.3, -0.25) is 10.1 Å². The van der Waals surface area contributed by atoms with Crippen LogP contribution in [0.25, 0.3) is 11.0 Å². The van der Waals surface area contributed by atoms with Crippen molar-refractivity contribution in [3.05, 3.63) is 24.3 Å². The molecule has 4 heteroatoms. The minimum Gasteiger partial charge on any atom is -0.324 e. The van der Waals surface area contributed by atoms with Crippen LogP contribution < -0.4 is 5.32 Å². The number of hydrogen-bond acceptors (Lipinski definition) is 2. The quantitative estimate of drug-likeness (QED) is 0.604. The fourth-order valence-electron chi connectivity index (χ4n) is 2.63. The van der Waals surface area contributed by atoms with Crippen molar-refractivity contribution in [2.75, 3.05) is 5.32 Å². The summed E-state index contributed by atoms with van der Waals surface area (Å²) < 4.78 is 0. The summed E-state index contributed by atoms with van der Waals surface area (Å²) >= 11 is 0. The van der Waals surface area contributed by atoms with Crippen LogP contribution in [0.1, 0.15) is 64.7 Å². The third-order valence-corrected chi connectivity index (χ3v) is 3.90. The van der Waals surface area contributed by atoms with Gasteiger partial charge < -0.3 is 4.98 Å². The van der Waals surface area contributed by atoms with E-state index in [1.165, 1.54) is 38.5 Å². The fourth-order valence-corrected chi connectivity index (χ4v) is 2.63. The molecule has 22 heavy (non-hydrogen) atoms. The first-order valence-electron chi connectivity index (χ1n) is 8.54. The van der Waals surface area contributed by atoms with Crippen LogP contribution in [0.15, 0.2) is 24.3 Å². The molecule has 0 spiro atoms. The number of benzene rings is 1. The first-order chi connectivity index (χ1) is 10.8. The Morgan fingerprint density at radius 2 is 1.73 bits per heavy atom. The molecule has 120 valence electrons. The van der Waals surface area contributed by atoms with Gasteiger partial charge in [-0.25, -0.2) is 4.98 Å². The summed E-state index contributed by atoms with van der Waals surface area (Å²) in [6, 6.07) is 7.78. The van der Waals surface area contributed by atoms with Gasteiger partial charge in [0.2, 0.25) is 11.9 Å². The zero-order valence-electron chi connectivity index (χ0n) is 13.5. The molecule has 0 saturated carbocycles. The van der Waals surface area contributed by atoms with E-state index < -0.39 is 0 Å². The number of aromatic amines is 1. The van der Waals surface area contributed by atoms with Crippen LogP contribution in [0.2, 0.25) is 0 Å². The zero-order chi connectivity index (χ0) is 15.6. The largest absolute Gasteiger partial charge is 0.324 e. The van der Waals surface area contributed by atoms with Crippen LogP contribution in [-0.4, -0.2) is 15.9 Å². The first kappa shape index (κ1) is 16.5. The molecule has 0 aliphatic rings. The molecule has 2 aromatic rings. The van der Waals surface area contributed by atoms with Gasteiger partial charge in [0.1, 0.15) is 0 Å². The number of rotatable bonds is 10. The topological polar surface area (TPSA) is 57.8 Å². The van der Waals surface area contributed by atoms with Crippen molar-refractivity contribution in [2.45, 2.75) is 64.7 Å². The highest BCUT2D eigenvalue weighted by Gasteiger charge is 2.06. The first-order valence-corrected chi connectivity index (χ1v) is 8.54. The van der Waals surface area contributed by atoms with Gasteiger partial charge in [-0.15, -0.1) is 0 Å². The molecule has 1 heterocycles. The summed E-state index contributed by atoms with van der Waals surface area (Å²) in [6.45, 7) is 2.24. The van der Waals surface area contributed by atoms with E-state index in [1.807, 2.05) is 24.3 Å². The highest BCUT2D eigenvalue weighted by molar-refractivity contribution is 5.90. The van der Waals surface area contributed by atoms with Crippen LogP contribution in [0.3, 0.4) is 0 Å². The molecule has 0 atom stereocenters. The van der Waals surface area contributed by atoms with Gasteiger partial charge in [-0.2, -0.15) is 0 Å². The summed E-state index contributed by atoms with van der Waals surface area (Å²) in [4.78, 5) is 19.4. The Kier molecular flexibility index (Phi) is 6.94. The molecule has 1 amide bonds. The van der Waals surface area contributed by atoms with Gasteiger partial charge >= 0.3 is 0 Å². The summed E-state index contributed by atoms with van der Waals surface area (Å²) in [5.41, 5.74) is 1.83. The number of anilines is 1. The Labute approximate surface area is 132 Å². The SMILES string of the molecule is CCCCCCCCCCC(=O)Nc1nc2ccccc2[nH]1. The van der Waals surface area contributed by atoms with Crippen LogP contribution >= 0.6 is 0 Å². The lowest BCUT2D eigenvalue weighted by molar-refractivity contribution is -0.116. The van der Waals surface area contributed by atoms with Crippen LogP contribution in [-0.2, 0) is 4.79 Å². The van der Waals surface area contributed by atoms with Crippen molar-refractivity contribution in [3.8, 4) is 0 Å². The van der Waals surface area contributed by atoms with Gasteiger partial charge in [0.25, 0.3) is 0 Å². The van der Waals surface area contributed by atoms with E-state index in [2.05, 4.69) is 22.2 Å². The second-order valence-corrected chi connectivity index (χ2v) is 5.88. The van der Waals surface area contributed by atoms with E-state index in [9.17, 15) is 4.79 Å². The molecule has 1 aromatic heterocycles. The van der Waals surface area contributed by atoms with Gasteiger partial charge in [0, 0.05) is 6.42 Å². The normalized spacial score (nSPS) is 11.0. The van der Waals surface area contributed by atoms with Crippen molar-refractivity contribution < 1.29 is 4.79 Å². The number of imidazole rings is 1. The number of carbonyl (C=O) groups is 1. The van der Waals surface area contributed by atoms with Gasteiger partial charge in [-0.1, -0.05) is 64.0 Å². The summed E-state index contributed by atoms with van der Waals surface area (Å²) in [5, 5.41) is 2.84. The lowest BCUT2D eigenvalue weighted by atomic mass is 10.1. The second kappa shape index (κ2) is 9.23. The number of amides is 1. The Balaban J connectivity index is 1.60. The molecule has 0 saturated heterocycles. The van der Waals surface area contributed by atoms with E-state index in [4.69, 9.17) is 0 Å². The maximum absolute atomic E-state index is 11.9. The average molecular weight is 301 g/mol. The highest BCUT2D eigenvalue weighted by Crippen LogP contribution is 2.14. The fraction of sp³-hybridized carbons (Fsp3) is 0.556. The molecule has 0 radical (unpaired) electrons. The third-order valence-electron chi connectivity index (χ3n) is 3.90. The average Bonchev–Trinajstić information content (AvgIpc) is 2.92. The molecular formula is C18H27N3O. The molecule has 0 fully saturated rings. The molecular weight excluding hydrogens is 274 g/mol. The van der Waals surface area contributed by atoms with Crippen molar-refractivity contribution in [1.29, 1.82) is 0 Å². The number of nitrogens with one attached hydrogen (secondary N) is 2. The smallest absolute Gasteiger partial charge is 0.226 e. The van der Waals surface area contributed by atoms with Crippen molar-refractivity contribution in [3.63, 3.8) is 0 Å². The molecule has 2 rings (SSSR count). The minimum atomic E-state index is 0.0463. The van der Waals surface area contributed by atoms with E-state index in [-0.39, 0.29) is 5.91 Å². The van der Waals surface area contributed by atoms with Crippen LogP contribution in [0, 0.1) is 0 Å². The molecule has 0 unspecified atom stereocenters. The van der Waals surface area contributed by atoms with Crippen molar-refractivity contribution in [2.24, 2.45) is 0 Å². The number of hydrogen-bond donors (Lipinski definition) is 2. The minimum absolute atomic E-state index is 0.0463. The Hall–Kier alpha value is -1.84. The molecule has 4 nitrogen and oxygen atoms in total. The summed E-state index contributed by atoms with van der Waals surface area (Å²) in [6.07, 6.45) is 10.5. The maximum Gasteiger partial charge on any atom is 0.226 e. The molecule has 0 aliphatic heterocycles. The number of carbonyl (C=O) groups excluding carboxylic acids is 1. The summed E-state index contributed by atoms with van der Waals surface area (Å²) in [5.74, 6) is 0.593. The predicted octanol–water partition coefficient (Wildman–Crippen LogP) is 5.03. The Morgan fingerprint density at radius 3 is 2.45 bits per heavy atom. The molecule has 2 N–H and O–H groups in total. The van der Waals surface area contributed by atoms with Crippen molar-refractivity contribution in [1.82, 2.24) is 9.97 Å². The third kappa shape index (κ3) is 5.51. The van der Waals surface area contributed by atoms with Crippen LogP contribution in [0.4, 0.5) is 5.95 Å². The number of fused-ring (bicyclic) bond motifs is 1. The lowest BCUT2D eigenvalue weighted by Gasteiger charge is -2.02. The van der Waals surface area contributed by atoms with E-state index in [1.54, 1.807) is 0 Å². The number of para-hydroxylation sites is 2. The van der Waals surface area contributed by atoms with E-state index >= 15 is 0 Å². The monoisotopic (exact) mass is 301 g/mol. The van der Waals surface area contributed by atoms with Crippen molar-refractivity contribution >= 4 is 22.9 Å². The second-order valence-electron chi connectivity index (χ2n) is 5.88. The lowest BCUT2D eigenvalue weighted by Crippen LogP contribution is -2.12. The number of nitrogens with zero attached hydrogens (tertiary/aromatic N) is 1. The molecule has 1 aromatic carbocycles. The standard InChI is InChI=1S/C18H27N3O/c1-2-3-4-5-6-7-8-9-14-17(22)21-18-19-15-12-10-11-13-16(15)20-18/h10-13H,2-9,14H2,1H3,(H2,19,20,21,22). The van der Waals surface area contributed by atoms with E-state index in [0.717, 1.165) is 23.9 Å². The predicted molar refractivity (Wildman–Crippen MR) is 92.0 cm³/mol. The highest BCUT2D eigenvalue weighted by atomic mass is 16.1. The molecule has 0 aliphatic carbocycles. The van der Waals surface area contributed by atoms with Gasteiger partial charge in [0.05, 0.1) is 11.0 Å². The Bertz CT molecular complexity index is 543.